The molecule has 4 heteroatoms. The van der Waals surface area contributed by atoms with E-state index in [1.54, 1.807) is 6.20 Å². The van der Waals surface area contributed by atoms with Crippen LogP contribution in [0.3, 0.4) is 0 Å². The summed E-state index contributed by atoms with van der Waals surface area (Å²) in [7, 11) is 1.94. The van der Waals surface area contributed by atoms with Crippen molar-refractivity contribution in [3.8, 4) is 6.07 Å². The van der Waals surface area contributed by atoms with Crippen LogP contribution in [-0.4, -0.2) is 23.6 Å². The number of rotatable bonds is 3. The summed E-state index contributed by atoms with van der Waals surface area (Å²) in [6.07, 6.45) is 2.27. The third-order valence-electron chi connectivity index (χ3n) is 2.26. The van der Waals surface area contributed by atoms with Crippen molar-refractivity contribution in [2.45, 2.75) is 32.6 Å². The second kappa shape index (κ2) is 4.93. The summed E-state index contributed by atoms with van der Waals surface area (Å²) in [5.74, 6) is 1.70. The maximum atomic E-state index is 8.54. The summed E-state index contributed by atoms with van der Waals surface area (Å²) in [6, 6.07) is 4.00. The number of aromatic nitrogens is 2. The molecule has 0 amide bonds. The summed E-state index contributed by atoms with van der Waals surface area (Å²) in [5, 5.41) is 8.54. The van der Waals surface area contributed by atoms with Gasteiger partial charge in [0.15, 0.2) is 0 Å². The van der Waals surface area contributed by atoms with Gasteiger partial charge in [-0.2, -0.15) is 5.26 Å². The van der Waals surface area contributed by atoms with Crippen LogP contribution in [0, 0.1) is 11.3 Å². The number of hydrogen-bond donors (Lipinski definition) is 0. The standard InChI is InChI=1S/C12H18N4/c1-12(2,3)11-14-8-6-10(15-11)16(4)9-5-7-13/h6,8H,5,9H2,1-4H3. The molecule has 0 unspecified atom stereocenters. The highest BCUT2D eigenvalue weighted by molar-refractivity contribution is 5.36. The average molecular weight is 218 g/mol. The van der Waals surface area contributed by atoms with E-state index in [-0.39, 0.29) is 5.41 Å². The molecule has 1 rings (SSSR count). The predicted molar refractivity (Wildman–Crippen MR) is 64.2 cm³/mol. The van der Waals surface area contributed by atoms with E-state index in [1.807, 2.05) is 18.0 Å². The second-order valence-corrected chi connectivity index (χ2v) is 4.82. The van der Waals surface area contributed by atoms with Crippen LogP contribution >= 0.6 is 0 Å². The van der Waals surface area contributed by atoms with E-state index in [2.05, 4.69) is 36.8 Å². The van der Waals surface area contributed by atoms with Crippen LogP contribution in [0.4, 0.5) is 5.82 Å². The zero-order valence-corrected chi connectivity index (χ0v) is 10.4. The van der Waals surface area contributed by atoms with Crippen molar-refractivity contribution < 1.29 is 0 Å². The lowest BCUT2D eigenvalue weighted by molar-refractivity contribution is 0.544. The van der Waals surface area contributed by atoms with Gasteiger partial charge in [0.1, 0.15) is 11.6 Å². The SMILES string of the molecule is CN(CCC#N)c1ccnc(C(C)(C)C)n1. The normalized spacial score (nSPS) is 10.9. The van der Waals surface area contributed by atoms with Crippen molar-refractivity contribution >= 4 is 5.82 Å². The van der Waals surface area contributed by atoms with Crippen LogP contribution < -0.4 is 4.90 Å². The molecule has 0 atom stereocenters. The molecule has 1 heterocycles. The fraction of sp³-hybridized carbons (Fsp3) is 0.583. The Kier molecular flexibility index (Phi) is 3.83. The van der Waals surface area contributed by atoms with Gasteiger partial charge in [-0.05, 0) is 6.07 Å². The topological polar surface area (TPSA) is 52.8 Å². The first kappa shape index (κ1) is 12.4. The first-order valence-electron chi connectivity index (χ1n) is 5.37. The fourth-order valence-electron chi connectivity index (χ4n) is 1.26. The molecule has 0 aromatic carbocycles. The van der Waals surface area contributed by atoms with Crippen molar-refractivity contribution in [2.75, 3.05) is 18.5 Å². The molecule has 86 valence electrons. The van der Waals surface area contributed by atoms with Gasteiger partial charge in [0.2, 0.25) is 0 Å². The average Bonchev–Trinajstić information content (AvgIpc) is 2.25. The van der Waals surface area contributed by atoms with Crippen molar-refractivity contribution in [1.29, 1.82) is 5.26 Å². The molecule has 0 radical (unpaired) electrons. The molecule has 0 aliphatic heterocycles. The Balaban J connectivity index is 2.87. The van der Waals surface area contributed by atoms with Crippen LogP contribution in [0.25, 0.3) is 0 Å². The minimum Gasteiger partial charge on any atom is -0.359 e. The smallest absolute Gasteiger partial charge is 0.135 e. The molecule has 0 N–H and O–H groups in total. The lowest BCUT2D eigenvalue weighted by atomic mass is 9.96. The molecule has 0 bridgehead atoms. The van der Waals surface area contributed by atoms with Gasteiger partial charge in [-0.25, -0.2) is 9.97 Å². The monoisotopic (exact) mass is 218 g/mol. The minimum atomic E-state index is -0.0495. The van der Waals surface area contributed by atoms with Gasteiger partial charge in [-0.1, -0.05) is 20.8 Å². The largest absolute Gasteiger partial charge is 0.359 e. The highest BCUT2D eigenvalue weighted by atomic mass is 15.2. The van der Waals surface area contributed by atoms with Gasteiger partial charge in [-0.15, -0.1) is 0 Å². The third-order valence-corrected chi connectivity index (χ3v) is 2.26. The molecule has 0 saturated heterocycles. The zero-order valence-electron chi connectivity index (χ0n) is 10.4. The highest BCUT2D eigenvalue weighted by Gasteiger charge is 2.17. The number of nitriles is 1. The lowest BCUT2D eigenvalue weighted by Crippen LogP contribution is -2.22. The summed E-state index contributed by atoms with van der Waals surface area (Å²) in [5.41, 5.74) is -0.0495. The summed E-state index contributed by atoms with van der Waals surface area (Å²) >= 11 is 0. The summed E-state index contributed by atoms with van der Waals surface area (Å²) in [4.78, 5) is 10.7. The van der Waals surface area contributed by atoms with Crippen molar-refractivity contribution in [3.05, 3.63) is 18.1 Å². The van der Waals surface area contributed by atoms with Gasteiger partial charge in [-0.3, -0.25) is 0 Å². The Morgan fingerprint density at radius 1 is 1.44 bits per heavy atom. The molecule has 4 nitrogen and oxygen atoms in total. The van der Waals surface area contributed by atoms with E-state index in [9.17, 15) is 0 Å². The van der Waals surface area contributed by atoms with Crippen LogP contribution in [0.15, 0.2) is 12.3 Å². The van der Waals surface area contributed by atoms with E-state index < -0.39 is 0 Å². The maximum Gasteiger partial charge on any atom is 0.135 e. The molecular weight excluding hydrogens is 200 g/mol. The molecule has 1 aromatic rings. The molecule has 16 heavy (non-hydrogen) atoms. The minimum absolute atomic E-state index is 0.0495. The predicted octanol–water partition coefficient (Wildman–Crippen LogP) is 2.12. The number of anilines is 1. The van der Waals surface area contributed by atoms with Gasteiger partial charge in [0.25, 0.3) is 0 Å². The first-order valence-corrected chi connectivity index (χ1v) is 5.37. The first-order chi connectivity index (χ1) is 7.45. The molecule has 0 aliphatic rings. The van der Waals surface area contributed by atoms with Crippen LogP contribution in [0.5, 0.6) is 0 Å². The van der Waals surface area contributed by atoms with E-state index in [0.29, 0.717) is 13.0 Å². The second-order valence-electron chi connectivity index (χ2n) is 4.82. The van der Waals surface area contributed by atoms with E-state index in [4.69, 9.17) is 5.26 Å². The highest BCUT2D eigenvalue weighted by Crippen LogP contribution is 2.19. The quantitative estimate of drug-likeness (QED) is 0.779. The van der Waals surface area contributed by atoms with E-state index in [0.717, 1.165) is 11.6 Å². The molecule has 1 aromatic heterocycles. The van der Waals surface area contributed by atoms with Crippen LogP contribution in [-0.2, 0) is 5.41 Å². The van der Waals surface area contributed by atoms with Crippen LogP contribution in [0.1, 0.15) is 33.0 Å². The van der Waals surface area contributed by atoms with Gasteiger partial charge in [0.05, 0.1) is 12.5 Å². The molecule has 0 spiro atoms. The molecule has 0 aliphatic carbocycles. The number of nitrogens with zero attached hydrogens (tertiary/aromatic N) is 4. The Bertz CT molecular complexity index is 387. The van der Waals surface area contributed by atoms with Crippen LogP contribution in [0.2, 0.25) is 0 Å². The summed E-state index contributed by atoms with van der Waals surface area (Å²) in [6.45, 7) is 6.95. The van der Waals surface area contributed by atoms with Gasteiger partial charge < -0.3 is 4.90 Å². The Morgan fingerprint density at radius 2 is 2.12 bits per heavy atom. The van der Waals surface area contributed by atoms with E-state index >= 15 is 0 Å². The van der Waals surface area contributed by atoms with Gasteiger partial charge >= 0.3 is 0 Å². The van der Waals surface area contributed by atoms with Crippen molar-refractivity contribution in [1.82, 2.24) is 9.97 Å². The molecular formula is C12H18N4. The van der Waals surface area contributed by atoms with Crippen molar-refractivity contribution in [2.24, 2.45) is 0 Å². The Labute approximate surface area is 96.9 Å². The Morgan fingerprint density at radius 3 is 2.69 bits per heavy atom. The number of hydrogen-bond acceptors (Lipinski definition) is 4. The molecule has 0 saturated carbocycles. The van der Waals surface area contributed by atoms with Gasteiger partial charge in [0, 0.05) is 25.2 Å². The molecule has 0 fully saturated rings. The fourth-order valence-corrected chi connectivity index (χ4v) is 1.26. The maximum absolute atomic E-state index is 8.54. The van der Waals surface area contributed by atoms with E-state index in [1.165, 1.54) is 0 Å². The van der Waals surface area contributed by atoms with Crippen molar-refractivity contribution in [3.63, 3.8) is 0 Å². The zero-order chi connectivity index (χ0) is 12.2. The third kappa shape index (κ3) is 3.20. The Hall–Kier alpha value is -1.63. The summed E-state index contributed by atoms with van der Waals surface area (Å²) < 4.78 is 0. The lowest BCUT2D eigenvalue weighted by Gasteiger charge is -2.21.